The van der Waals surface area contributed by atoms with Gasteiger partial charge in [0, 0.05) is 23.7 Å². The molecule has 0 heterocycles. The van der Waals surface area contributed by atoms with Gasteiger partial charge in [-0.3, -0.25) is 9.59 Å². The summed E-state index contributed by atoms with van der Waals surface area (Å²) >= 11 is 5.72. The number of carbonyl (C=O) groups excluding carboxylic acids is 2. The monoisotopic (exact) mass is 305 g/mol. The first kappa shape index (κ1) is 17.7. The number of amides is 2. The van der Waals surface area contributed by atoms with Crippen LogP contribution in [0.4, 0.5) is 0 Å². The Kier molecular flexibility index (Phi) is 8.14. The highest BCUT2D eigenvalue weighted by molar-refractivity contribution is 6.30. The maximum absolute atomic E-state index is 11.6. The van der Waals surface area contributed by atoms with E-state index < -0.39 is 6.04 Å². The van der Waals surface area contributed by atoms with E-state index >= 15 is 0 Å². The van der Waals surface area contributed by atoms with Crippen molar-refractivity contribution in [3.63, 3.8) is 0 Å². The molecule has 1 rings (SSSR count). The largest absolute Gasteiger partial charge is 0.353 e. The minimum Gasteiger partial charge on any atom is -0.353 e. The zero-order valence-corrected chi connectivity index (χ0v) is 12.1. The summed E-state index contributed by atoms with van der Waals surface area (Å²) < 4.78 is 0. The molecule has 0 saturated heterocycles. The van der Waals surface area contributed by atoms with Gasteiger partial charge in [-0.2, -0.15) is 0 Å². The Balaban J connectivity index is 0.00000324. The molecule has 4 N–H and O–H groups in total. The smallest absolute Gasteiger partial charge is 0.251 e. The van der Waals surface area contributed by atoms with E-state index in [2.05, 4.69) is 10.6 Å². The molecule has 1 atom stereocenters. The van der Waals surface area contributed by atoms with Crippen molar-refractivity contribution < 1.29 is 9.59 Å². The molecule has 0 spiro atoms. The Bertz CT molecular complexity index is 421. The van der Waals surface area contributed by atoms with Gasteiger partial charge in [0.1, 0.15) is 0 Å². The predicted octanol–water partition coefficient (Wildman–Crippen LogP) is 0.955. The third-order valence-corrected chi connectivity index (χ3v) is 2.48. The van der Waals surface area contributed by atoms with Gasteiger partial charge in [-0.05, 0) is 31.2 Å². The van der Waals surface area contributed by atoms with Crippen LogP contribution in [0.2, 0.25) is 5.02 Å². The average Bonchev–Trinajstić information content (AvgIpc) is 2.34. The second-order valence-corrected chi connectivity index (χ2v) is 4.28. The molecule has 2 amide bonds. The van der Waals surface area contributed by atoms with Gasteiger partial charge in [0.15, 0.2) is 0 Å². The predicted molar refractivity (Wildman–Crippen MR) is 77.7 cm³/mol. The summed E-state index contributed by atoms with van der Waals surface area (Å²) in [7, 11) is 0. The number of benzene rings is 1. The molecule has 0 saturated carbocycles. The van der Waals surface area contributed by atoms with Crippen LogP contribution < -0.4 is 16.4 Å². The van der Waals surface area contributed by atoms with Crippen molar-refractivity contribution in [3.8, 4) is 0 Å². The van der Waals surface area contributed by atoms with Crippen molar-refractivity contribution in [1.29, 1.82) is 0 Å². The molecule has 0 aliphatic carbocycles. The molecule has 0 unspecified atom stereocenters. The molecule has 19 heavy (non-hydrogen) atoms. The van der Waals surface area contributed by atoms with Crippen molar-refractivity contribution in [2.45, 2.75) is 13.0 Å². The molecule has 5 nitrogen and oxygen atoms in total. The normalized spacial score (nSPS) is 11.1. The number of nitrogens with two attached hydrogens (primary N) is 1. The number of rotatable bonds is 5. The van der Waals surface area contributed by atoms with Crippen LogP contribution in [-0.4, -0.2) is 30.9 Å². The van der Waals surface area contributed by atoms with Gasteiger partial charge in [-0.15, -0.1) is 12.4 Å². The Labute approximate surface area is 123 Å². The molecule has 0 fully saturated rings. The second kappa shape index (κ2) is 8.74. The molecule has 0 aromatic heterocycles. The highest BCUT2D eigenvalue weighted by atomic mass is 35.5. The lowest BCUT2D eigenvalue weighted by atomic mass is 10.2. The van der Waals surface area contributed by atoms with E-state index in [1.807, 2.05) is 0 Å². The third-order valence-electron chi connectivity index (χ3n) is 2.23. The van der Waals surface area contributed by atoms with Crippen molar-refractivity contribution >= 4 is 35.8 Å². The quantitative estimate of drug-likeness (QED) is 0.708. The van der Waals surface area contributed by atoms with Crippen molar-refractivity contribution in [2.75, 3.05) is 13.1 Å². The van der Waals surface area contributed by atoms with Crippen molar-refractivity contribution in [1.82, 2.24) is 10.6 Å². The zero-order chi connectivity index (χ0) is 13.5. The van der Waals surface area contributed by atoms with E-state index in [1.54, 1.807) is 31.2 Å². The van der Waals surface area contributed by atoms with Crippen LogP contribution in [0.15, 0.2) is 24.3 Å². The number of hydrogen-bond donors (Lipinski definition) is 3. The van der Waals surface area contributed by atoms with Gasteiger partial charge in [0.05, 0.1) is 6.04 Å². The number of carbonyl (C=O) groups is 2. The van der Waals surface area contributed by atoms with Crippen LogP contribution >= 0.6 is 24.0 Å². The fourth-order valence-corrected chi connectivity index (χ4v) is 1.35. The molecule has 1 aromatic rings. The maximum atomic E-state index is 11.6. The van der Waals surface area contributed by atoms with E-state index in [1.165, 1.54) is 0 Å². The molecule has 0 aliphatic heterocycles. The molecule has 106 valence electrons. The highest BCUT2D eigenvalue weighted by Gasteiger charge is 2.07. The fraction of sp³-hybridized carbons (Fsp3) is 0.333. The molecule has 0 bridgehead atoms. The number of halogens is 2. The molecule has 0 aliphatic rings. The zero-order valence-electron chi connectivity index (χ0n) is 10.5. The van der Waals surface area contributed by atoms with Crippen LogP contribution in [-0.2, 0) is 4.79 Å². The van der Waals surface area contributed by atoms with E-state index in [0.717, 1.165) is 0 Å². The second-order valence-electron chi connectivity index (χ2n) is 3.84. The summed E-state index contributed by atoms with van der Waals surface area (Å²) in [5.74, 6) is -0.447. The Morgan fingerprint density at radius 1 is 1.21 bits per heavy atom. The van der Waals surface area contributed by atoms with E-state index in [4.69, 9.17) is 17.3 Å². The number of nitrogens with one attached hydrogen (secondary N) is 2. The van der Waals surface area contributed by atoms with Gasteiger partial charge in [0.2, 0.25) is 5.91 Å². The highest BCUT2D eigenvalue weighted by Crippen LogP contribution is 2.08. The molecular formula is C12H17Cl2N3O2. The van der Waals surface area contributed by atoms with Gasteiger partial charge < -0.3 is 16.4 Å². The molecule has 7 heteroatoms. The van der Waals surface area contributed by atoms with Crippen molar-refractivity contribution in [2.24, 2.45) is 5.73 Å². The number of hydrogen-bond acceptors (Lipinski definition) is 3. The molecule has 0 radical (unpaired) electrons. The fourth-order valence-electron chi connectivity index (χ4n) is 1.23. The van der Waals surface area contributed by atoms with E-state index in [0.29, 0.717) is 23.7 Å². The first-order chi connectivity index (χ1) is 8.50. The SMILES string of the molecule is C[C@H](N)C(=O)NCCNC(=O)c1ccc(Cl)cc1.Cl. The van der Waals surface area contributed by atoms with Crippen LogP contribution in [0.3, 0.4) is 0 Å². The van der Waals surface area contributed by atoms with Crippen LogP contribution in [0.5, 0.6) is 0 Å². The summed E-state index contributed by atoms with van der Waals surface area (Å²) in [4.78, 5) is 22.8. The summed E-state index contributed by atoms with van der Waals surface area (Å²) in [6, 6.07) is 6.02. The summed E-state index contributed by atoms with van der Waals surface area (Å²) in [6.07, 6.45) is 0. The van der Waals surface area contributed by atoms with Crippen LogP contribution in [0, 0.1) is 0 Å². The topological polar surface area (TPSA) is 84.2 Å². The Morgan fingerprint density at radius 2 is 1.74 bits per heavy atom. The average molecular weight is 306 g/mol. The lowest BCUT2D eigenvalue weighted by molar-refractivity contribution is -0.121. The minimum atomic E-state index is -0.544. The van der Waals surface area contributed by atoms with Crippen LogP contribution in [0.25, 0.3) is 0 Å². The Morgan fingerprint density at radius 3 is 2.26 bits per heavy atom. The lowest BCUT2D eigenvalue weighted by Gasteiger charge is -2.08. The van der Waals surface area contributed by atoms with E-state index in [9.17, 15) is 9.59 Å². The van der Waals surface area contributed by atoms with Crippen molar-refractivity contribution in [3.05, 3.63) is 34.9 Å². The van der Waals surface area contributed by atoms with Gasteiger partial charge in [-0.1, -0.05) is 11.6 Å². The minimum absolute atomic E-state index is 0. The van der Waals surface area contributed by atoms with Gasteiger partial charge >= 0.3 is 0 Å². The van der Waals surface area contributed by atoms with E-state index in [-0.39, 0.29) is 24.2 Å². The lowest BCUT2D eigenvalue weighted by Crippen LogP contribution is -2.42. The summed E-state index contributed by atoms with van der Waals surface area (Å²) in [5.41, 5.74) is 5.90. The summed E-state index contributed by atoms with van der Waals surface area (Å²) in [5, 5.41) is 5.85. The Hall–Kier alpha value is -1.30. The first-order valence-electron chi connectivity index (χ1n) is 5.58. The maximum Gasteiger partial charge on any atom is 0.251 e. The molecule has 1 aromatic carbocycles. The van der Waals surface area contributed by atoms with Crippen LogP contribution in [0.1, 0.15) is 17.3 Å². The van der Waals surface area contributed by atoms with Gasteiger partial charge in [0.25, 0.3) is 5.91 Å². The first-order valence-corrected chi connectivity index (χ1v) is 5.95. The standard InChI is InChI=1S/C12H16ClN3O2.ClH/c1-8(14)11(17)15-6-7-16-12(18)9-2-4-10(13)5-3-9;/h2-5,8H,6-7,14H2,1H3,(H,15,17)(H,16,18);1H/t8-;/m0./s1. The molecular weight excluding hydrogens is 289 g/mol. The third kappa shape index (κ3) is 6.42. The van der Waals surface area contributed by atoms with Gasteiger partial charge in [-0.25, -0.2) is 0 Å². The summed E-state index contributed by atoms with van der Waals surface area (Å²) in [6.45, 7) is 2.29.